The Hall–Kier alpha value is -1.14. The molecular weight excluding hydrogens is 284 g/mol. The SMILES string of the molecule is O=C(CSc1ccc(F)cc1F)N1CCC(CCO)C1. The molecule has 2 rings (SSSR count). The van der Waals surface area contributed by atoms with Crippen LogP contribution in [0.1, 0.15) is 12.8 Å². The topological polar surface area (TPSA) is 40.5 Å². The number of aliphatic hydroxyl groups is 1. The van der Waals surface area contributed by atoms with Crippen molar-refractivity contribution in [2.24, 2.45) is 5.92 Å². The second kappa shape index (κ2) is 7.04. The summed E-state index contributed by atoms with van der Waals surface area (Å²) in [5.74, 6) is -0.795. The average molecular weight is 301 g/mol. The zero-order chi connectivity index (χ0) is 14.5. The lowest BCUT2D eigenvalue weighted by Gasteiger charge is -2.16. The molecule has 1 atom stereocenters. The van der Waals surface area contributed by atoms with Crippen LogP contribution in [0.3, 0.4) is 0 Å². The molecule has 1 amide bonds. The Morgan fingerprint density at radius 3 is 2.95 bits per heavy atom. The molecule has 110 valence electrons. The Labute approximate surface area is 121 Å². The molecule has 1 aromatic carbocycles. The zero-order valence-corrected chi connectivity index (χ0v) is 11.8. The molecule has 1 aliphatic rings. The maximum atomic E-state index is 13.4. The summed E-state index contributed by atoms with van der Waals surface area (Å²) < 4.78 is 26.2. The number of halogens is 2. The van der Waals surface area contributed by atoms with Crippen LogP contribution in [0.25, 0.3) is 0 Å². The van der Waals surface area contributed by atoms with Crippen LogP contribution in [0.15, 0.2) is 23.1 Å². The van der Waals surface area contributed by atoms with E-state index in [2.05, 4.69) is 0 Å². The summed E-state index contributed by atoms with van der Waals surface area (Å²) in [6.07, 6.45) is 1.62. The number of amides is 1. The van der Waals surface area contributed by atoms with Gasteiger partial charge in [-0.2, -0.15) is 0 Å². The second-order valence-corrected chi connectivity index (χ2v) is 5.89. The maximum absolute atomic E-state index is 13.4. The molecule has 0 aliphatic carbocycles. The van der Waals surface area contributed by atoms with Gasteiger partial charge in [0.25, 0.3) is 0 Å². The molecule has 1 N–H and O–H groups in total. The van der Waals surface area contributed by atoms with Gasteiger partial charge in [0.05, 0.1) is 5.75 Å². The van der Waals surface area contributed by atoms with E-state index < -0.39 is 11.6 Å². The molecule has 20 heavy (non-hydrogen) atoms. The van der Waals surface area contributed by atoms with Crippen LogP contribution >= 0.6 is 11.8 Å². The van der Waals surface area contributed by atoms with Crippen molar-refractivity contribution in [2.75, 3.05) is 25.4 Å². The largest absolute Gasteiger partial charge is 0.396 e. The van der Waals surface area contributed by atoms with Crippen LogP contribution in [0, 0.1) is 17.6 Å². The lowest BCUT2D eigenvalue weighted by molar-refractivity contribution is -0.127. The molecule has 1 unspecified atom stereocenters. The first-order valence-electron chi connectivity index (χ1n) is 6.56. The highest BCUT2D eigenvalue weighted by atomic mass is 32.2. The fourth-order valence-electron chi connectivity index (χ4n) is 2.30. The van der Waals surface area contributed by atoms with Gasteiger partial charge in [0.15, 0.2) is 0 Å². The Kier molecular flexibility index (Phi) is 5.37. The fraction of sp³-hybridized carbons (Fsp3) is 0.500. The van der Waals surface area contributed by atoms with Crippen LogP contribution in [0.2, 0.25) is 0 Å². The van der Waals surface area contributed by atoms with Gasteiger partial charge in [-0.15, -0.1) is 11.8 Å². The minimum Gasteiger partial charge on any atom is -0.396 e. The van der Waals surface area contributed by atoms with E-state index in [-0.39, 0.29) is 23.2 Å². The summed E-state index contributed by atoms with van der Waals surface area (Å²) >= 11 is 1.08. The highest BCUT2D eigenvalue weighted by molar-refractivity contribution is 8.00. The Balaban J connectivity index is 1.83. The standard InChI is InChI=1S/C14H17F2NO2S/c15-11-1-2-13(12(16)7-11)20-9-14(19)17-5-3-10(8-17)4-6-18/h1-2,7,10,18H,3-6,8-9H2. The summed E-state index contributed by atoms with van der Waals surface area (Å²) in [4.78, 5) is 14.0. The maximum Gasteiger partial charge on any atom is 0.232 e. The number of carbonyl (C=O) groups excluding carboxylic acids is 1. The summed E-state index contributed by atoms with van der Waals surface area (Å²) in [7, 11) is 0. The van der Waals surface area contributed by atoms with Gasteiger partial charge in [0, 0.05) is 30.7 Å². The van der Waals surface area contributed by atoms with Gasteiger partial charge in [-0.1, -0.05) is 0 Å². The quantitative estimate of drug-likeness (QED) is 0.848. The van der Waals surface area contributed by atoms with E-state index in [1.54, 1.807) is 4.90 Å². The normalized spacial score (nSPS) is 18.6. The van der Waals surface area contributed by atoms with Gasteiger partial charge in [-0.25, -0.2) is 8.78 Å². The molecule has 1 saturated heterocycles. The van der Waals surface area contributed by atoms with Crippen LogP contribution < -0.4 is 0 Å². The lowest BCUT2D eigenvalue weighted by Crippen LogP contribution is -2.30. The molecule has 1 fully saturated rings. The minimum atomic E-state index is -0.637. The van der Waals surface area contributed by atoms with Crippen LogP contribution in [0.5, 0.6) is 0 Å². The van der Waals surface area contributed by atoms with E-state index in [9.17, 15) is 13.6 Å². The summed E-state index contributed by atoms with van der Waals surface area (Å²) in [6.45, 7) is 1.49. The third-order valence-electron chi connectivity index (χ3n) is 3.42. The van der Waals surface area contributed by atoms with E-state index in [1.807, 2.05) is 0 Å². The summed E-state index contributed by atoms with van der Waals surface area (Å²) in [5, 5.41) is 8.88. The molecule has 1 aromatic rings. The summed E-state index contributed by atoms with van der Waals surface area (Å²) in [6, 6.07) is 3.35. The van der Waals surface area contributed by atoms with Crippen molar-refractivity contribution >= 4 is 17.7 Å². The van der Waals surface area contributed by atoms with Crippen molar-refractivity contribution in [1.82, 2.24) is 4.90 Å². The Bertz CT molecular complexity index is 484. The minimum absolute atomic E-state index is 0.0424. The molecule has 6 heteroatoms. The number of benzene rings is 1. The number of carbonyl (C=O) groups is 1. The lowest BCUT2D eigenvalue weighted by atomic mass is 10.1. The van der Waals surface area contributed by atoms with Crippen molar-refractivity contribution in [3.05, 3.63) is 29.8 Å². The summed E-state index contributed by atoms with van der Waals surface area (Å²) in [5.41, 5.74) is 0. The highest BCUT2D eigenvalue weighted by Crippen LogP contribution is 2.24. The monoisotopic (exact) mass is 301 g/mol. The number of hydrogen-bond acceptors (Lipinski definition) is 3. The molecule has 0 saturated carbocycles. The smallest absolute Gasteiger partial charge is 0.232 e. The molecule has 0 spiro atoms. The molecule has 3 nitrogen and oxygen atoms in total. The number of hydrogen-bond donors (Lipinski definition) is 1. The molecule has 1 aliphatic heterocycles. The molecule has 0 radical (unpaired) electrons. The molecule has 0 aromatic heterocycles. The molecule has 1 heterocycles. The van der Waals surface area contributed by atoms with E-state index in [0.717, 1.165) is 24.2 Å². The van der Waals surface area contributed by atoms with Crippen molar-refractivity contribution in [3.8, 4) is 0 Å². The molecule has 0 bridgehead atoms. The van der Waals surface area contributed by atoms with Gasteiger partial charge in [-0.3, -0.25) is 4.79 Å². The van der Waals surface area contributed by atoms with Crippen molar-refractivity contribution < 1.29 is 18.7 Å². The number of nitrogens with zero attached hydrogens (tertiary/aromatic N) is 1. The first-order chi connectivity index (χ1) is 9.60. The predicted molar refractivity (Wildman–Crippen MR) is 73.5 cm³/mol. The number of rotatable bonds is 5. The zero-order valence-electron chi connectivity index (χ0n) is 11.0. The van der Waals surface area contributed by atoms with E-state index >= 15 is 0 Å². The van der Waals surface area contributed by atoms with Gasteiger partial charge in [-0.05, 0) is 30.9 Å². The predicted octanol–water partition coefficient (Wildman–Crippen LogP) is 2.29. The van der Waals surface area contributed by atoms with Gasteiger partial charge >= 0.3 is 0 Å². The average Bonchev–Trinajstić information content (AvgIpc) is 2.86. The van der Waals surface area contributed by atoms with Crippen LogP contribution in [0.4, 0.5) is 8.78 Å². The van der Waals surface area contributed by atoms with E-state index in [4.69, 9.17) is 5.11 Å². The van der Waals surface area contributed by atoms with Crippen molar-refractivity contribution in [3.63, 3.8) is 0 Å². The fourth-order valence-corrected chi connectivity index (χ4v) is 3.12. The van der Waals surface area contributed by atoms with E-state index in [1.165, 1.54) is 12.1 Å². The van der Waals surface area contributed by atoms with Crippen molar-refractivity contribution in [2.45, 2.75) is 17.7 Å². The first-order valence-corrected chi connectivity index (χ1v) is 7.55. The molecular formula is C14H17F2NO2S. The number of thioether (sulfide) groups is 1. The van der Waals surface area contributed by atoms with Gasteiger partial charge < -0.3 is 10.0 Å². The third-order valence-corrected chi connectivity index (χ3v) is 4.45. The Morgan fingerprint density at radius 1 is 1.45 bits per heavy atom. The van der Waals surface area contributed by atoms with Gasteiger partial charge in [0.2, 0.25) is 5.91 Å². The van der Waals surface area contributed by atoms with Crippen LogP contribution in [-0.2, 0) is 4.79 Å². The van der Waals surface area contributed by atoms with E-state index in [0.29, 0.717) is 25.4 Å². The number of likely N-dealkylation sites (tertiary alicyclic amines) is 1. The second-order valence-electron chi connectivity index (χ2n) is 4.87. The van der Waals surface area contributed by atoms with Crippen LogP contribution in [-0.4, -0.2) is 41.4 Å². The van der Waals surface area contributed by atoms with Crippen molar-refractivity contribution in [1.29, 1.82) is 0 Å². The Morgan fingerprint density at radius 2 is 2.25 bits per heavy atom. The highest BCUT2D eigenvalue weighted by Gasteiger charge is 2.25. The third kappa shape index (κ3) is 3.93. The van der Waals surface area contributed by atoms with Gasteiger partial charge in [0.1, 0.15) is 11.6 Å². The number of aliphatic hydroxyl groups excluding tert-OH is 1. The first kappa shape index (κ1) is 15.3.